The van der Waals surface area contributed by atoms with Gasteiger partial charge in [0.1, 0.15) is 36.6 Å². The van der Waals surface area contributed by atoms with Gasteiger partial charge in [0.05, 0.1) is 18.2 Å². The van der Waals surface area contributed by atoms with E-state index >= 15 is 0 Å². The van der Waals surface area contributed by atoms with Crippen molar-refractivity contribution in [1.29, 1.82) is 0 Å². The van der Waals surface area contributed by atoms with Gasteiger partial charge in [0.25, 0.3) is 0 Å². The third kappa shape index (κ3) is 5.04. The molecule has 0 aromatic carbocycles. The smallest absolute Gasteiger partial charge is 0.370 e. The molecule has 0 amide bonds. The van der Waals surface area contributed by atoms with E-state index < -0.39 is 72.9 Å². The van der Waals surface area contributed by atoms with Gasteiger partial charge in [0, 0.05) is 0 Å². The van der Waals surface area contributed by atoms with Gasteiger partial charge in [0.15, 0.2) is 6.29 Å². The van der Waals surface area contributed by atoms with Gasteiger partial charge in [-0.15, -0.1) is 12.4 Å². The summed E-state index contributed by atoms with van der Waals surface area (Å²) in [6.45, 7) is 1.59. The first-order chi connectivity index (χ1) is 12.0. The molecule has 158 valence electrons. The number of nitrogens with zero attached hydrogens (tertiary/aromatic N) is 1. The van der Waals surface area contributed by atoms with Crippen molar-refractivity contribution in [2.75, 3.05) is 0 Å². The predicted octanol–water partition coefficient (Wildman–Crippen LogP) is -4.12. The summed E-state index contributed by atoms with van der Waals surface area (Å²) in [6.07, 6.45) is -11.7. The van der Waals surface area contributed by atoms with Crippen LogP contribution in [0.2, 0.25) is 0 Å². The summed E-state index contributed by atoms with van der Waals surface area (Å²) in [5, 5.41) is 57.8. The van der Waals surface area contributed by atoms with E-state index in [0.29, 0.717) is 0 Å². The molecule has 2 fully saturated rings. The molecule has 0 unspecified atom stereocenters. The molecular weight excluding hydrogens is 390 g/mol. The molecule has 2 rings (SSSR count). The third-order valence-corrected chi connectivity index (χ3v) is 4.64. The molecule has 27 heavy (non-hydrogen) atoms. The zero-order chi connectivity index (χ0) is 19.8. The number of carbonyl (C=O) groups is 1. The van der Waals surface area contributed by atoms with Crippen molar-refractivity contribution in [3.8, 4) is 0 Å². The van der Waals surface area contributed by atoms with Gasteiger partial charge in [-0.2, -0.15) is 0 Å². The van der Waals surface area contributed by atoms with E-state index in [2.05, 4.69) is 4.99 Å². The molecular formula is C14H26ClN3O9. The Morgan fingerprint density at radius 1 is 1.07 bits per heavy atom. The number of aliphatic carboxylic acids is 1. The summed E-state index contributed by atoms with van der Waals surface area (Å²) < 4.78 is 11.0. The first-order valence-electron chi connectivity index (χ1n) is 8.08. The highest BCUT2D eigenvalue weighted by Gasteiger charge is 2.50. The maximum Gasteiger partial charge on any atom is 0.370 e. The van der Waals surface area contributed by atoms with Crippen molar-refractivity contribution in [3.05, 3.63) is 0 Å². The van der Waals surface area contributed by atoms with Gasteiger partial charge in [-0.1, -0.05) is 0 Å². The number of nitrogens with two attached hydrogens (primary N) is 2. The molecule has 8 atom stereocenters. The van der Waals surface area contributed by atoms with Crippen molar-refractivity contribution < 1.29 is 44.9 Å². The van der Waals surface area contributed by atoms with Crippen molar-refractivity contribution in [2.24, 2.45) is 16.5 Å². The molecule has 10 N–H and O–H groups in total. The maximum absolute atomic E-state index is 10.8. The lowest BCUT2D eigenvalue weighted by Gasteiger charge is -2.45. The second-order valence-corrected chi connectivity index (χ2v) is 6.55. The molecule has 1 saturated carbocycles. The van der Waals surface area contributed by atoms with Gasteiger partial charge in [-0.3, -0.25) is 4.99 Å². The van der Waals surface area contributed by atoms with Gasteiger partial charge in [0.2, 0.25) is 5.84 Å². The van der Waals surface area contributed by atoms with Crippen LogP contribution in [0, 0.1) is 0 Å². The van der Waals surface area contributed by atoms with Crippen LogP contribution in [0.1, 0.15) is 13.3 Å². The molecule has 0 bridgehead atoms. The first-order valence-corrected chi connectivity index (χ1v) is 8.08. The number of halogens is 1. The minimum Gasteiger partial charge on any atom is -0.475 e. The number of aliphatic hydroxyl groups is 5. The second-order valence-electron chi connectivity index (χ2n) is 6.55. The van der Waals surface area contributed by atoms with Crippen LogP contribution in [0.5, 0.6) is 0 Å². The number of amidine groups is 1. The largest absolute Gasteiger partial charge is 0.475 e. The van der Waals surface area contributed by atoms with Crippen molar-refractivity contribution in [3.63, 3.8) is 0 Å². The number of hydrogen-bond acceptors (Lipinski definition) is 10. The van der Waals surface area contributed by atoms with E-state index in [1.54, 1.807) is 6.92 Å². The molecule has 1 heterocycles. The highest BCUT2D eigenvalue weighted by atomic mass is 35.5. The van der Waals surface area contributed by atoms with Crippen LogP contribution in [-0.2, 0) is 14.3 Å². The lowest BCUT2D eigenvalue weighted by molar-refractivity contribution is -0.293. The Morgan fingerprint density at radius 2 is 1.56 bits per heavy atom. The normalized spacial score (nSPS) is 45.8. The van der Waals surface area contributed by atoms with Gasteiger partial charge in [-0.25, -0.2) is 4.79 Å². The predicted molar refractivity (Wildman–Crippen MR) is 92.1 cm³/mol. The lowest BCUT2D eigenvalue weighted by Crippen LogP contribution is -2.66. The lowest BCUT2D eigenvalue weighted by atomic mass is 9.84. The molecule has 1 aliphatic carbocycles. The average molecular weight is 416 g/mol. The minimum absolute atomic E-state index is 0. The Kier molecular flexibility index (Phi) is 8.34. The van der Waals surface area contributed by atoms with Crippen LogP contribution in [0.3, 0.4) is 0 Å². The summed E-state index contributed by atoms with van der Waals surface area (Å²) in [7, 11) is 0. The van der Waals surface area contributed by atoms with E-state index in [1.165, 1.54) is 0 Å². The van der Waals surface area contributed by atoms with Gasteiger partial charge in [-0.05, 0) is 13.3 Å². The number of carboxylic acid groups (broad SMARTS) is 1. The number of aliphatic imine (C=N–C) groups is 1. The molecule has 12 nitrogen and oxygen atoms in total. The number of ether oxygens (including phenoxy) is 2. The van der Waals surface area contributed by atoms with Crippen LogP contribution in [0.25, 0.3) is 0 Å². The molecule has 13 heteroatoms. The van der Waals surface area contributed by atoms with Crippen LogP contribution in [-0.4, -0.2) is 104 Å². The molecule has 0 spiro atoms. The summed E-state index contributed by atoms with van der Waals surface area (Å²) >= 11 is 0. The fourth-order valence-electron chi connectivity index (χ4n) is 3.02. The quantitative estimate of drug-likeness (QED) is 0.163. The summed E-state index contributed by atoms with van der Waals surface area (Å²) in [5.41, 5.74) is 11.2. The first kappa shape index (κ1) is 23.9. The molecule has 1 aliphatic heterocycles. The SMILES string of the molecule is C[C@H]1O[C@H](OC2[C@H](O)[C@@H](O)C(O)[C@H](O)[C@H]2O)[C@@H](N)C[C@@H]1N=C(N)C(=O)O.Cl. The monoisotopic (exact) mass is 415 g/mol. The number of carboxylic acids is 1. The van der Waals surface area contributed by atoms with Crippen molar-refractivity contribution in [1.82, 2.24) is 0 Å². The molecule has 2 aliphatic rings. The van der Waals surface area contributed by atoms with Crippen LogP contribution in [0.4, 0.5) is 0 Å². The van der Waals surface area contributed by atoms with Crippen molar-refractivity contribution in [2.45, 2.75) is 74.4 Å². The number of rotatable bonds is 3. The van der Waals surface area contributed by atoms with Crippen LogP contribution >= 0.6 is 12.4 Å². The summed E-state index contributed by atoms with van der Waals surface area (Å²) in [4.78, 5) is 14.6. The zero-order valence-electron chi connectivity index (χ0n) is 14.4. The molecule has 0 aromatic rings. The standard InChI is InChI=1S/C14H25N3O9.ClH/c1-3-5(17-12(16)13(23)24)2-4(15)14(25-3)26-11-9(21)7(19)6(18)8(20)10(11)22;/h3-11,14,18-22H,2,15H2,1H3,(H2,16,17)(H,23,24);1H/t3-,4+,5+,6?,7+,8+,9-,10-,11?,14-;/m1./s1. The average Bonchev–Trinajstić information content (AvgIpc) is 2.58. The topological polar surface area (TPSA) is 221 Å². The van der Waals surface area contributed by atoms with E-state index in [4.69, 9.17) is 26.0 Å². The van der Waals surface area contributed by atoms with Crippen LogP contribution < -0.4 is 11.5 Å². The molecule has 1 saturated heterocycles. The summed E-state index contributed by atoms with van der Waals surface area (Å²) in [6, 6.07) is -1.46. The number of hydrogen-bond donors (Lipinski definition) is 8. The Labute approximate surface area is 160 Å². The summed E-state index contributed by atoms with van der Waals surface area (Å²) in [5.74, 6) is -1.96. The number of aliphatic hydroxyl groups excluding tert-OH is 5. The fraction of sp³-hybridized carbons (Fsp3) is 0.857. The Balaban J connectivity index is 0.00000364. The fourth-order valence-corrected chi connectivity index (χ4v) is 3.02. The van der Waals surface area contributed by atoms with E-state index in [9.17, 15) is 30.3 Å². The minimum atomic E-state index is -1.74. The van der Waals surface area contributed by atoms with E-state index in [-0.39, 0.29) is 18.8 Å². The Hall–Kier alpha value is -1.09. The van der Waals surface area contributed by atoms with Gasteiger partial charge >= 0.3 is 5.97 Å². The Morgan fingerprint density at radius 3 is 2.04 bits per heavy atom. The Bertz CT molecular complexity index is 538. The second kappa shape index (κ2) is 9.41. The molecule has 0 radical (unpaired) electrons. The maximum atomic E-state index is 10.8. The van der Waals surface area contributed by atoms with E-state index in [1.807, 2.05) is 0 Å². The van der Waals surface area contributed by atoms with Gasteiger partial charge < -0.3 is 51.6 Å². The molecule has 0 aromatic heterocycles. The van der Waals surface area contributed by atoms with E-state index in [0.717, 1.165) is 0 Å². The highest BCUT2D eigenvalue weighted by molar-refractivity contribution is 6.33. The third-order valence-electron chi connectivity index (χ3n) is 4.64. The van der Waals surface area contributed by atoms with Crippen molar-refractivity contribution >= 4 is 24.2 Å². The highest BCUT2D eigenvalue weighted by Crippen LogP contribution is 2.29. The van der Waals surface area contributed by atoms with Crippen LogP contribution in [0.15, 0.2) is 4.99 Å². The zero-order valence-corrected chi connectivity index (χ0v) is 15.2.